The van der Waals surface area contributed by atoms with E-state index in [1.54, 1.807) is 0 Å². The summed E-state index contributed by atoms with van der Waals surface area (Å²) in [5.74, 6) is -1.54. The Hall–Kier alpha value is -3.35. The normalized spacial score (nSPS) is 13.2. The van der Waals surface area contributed by atoms with E-state index in [-0.39, 0.29) is 31.4 Å². The number of hydrogen-bond acceptors (Lipinski definition) is 4. The smallest absolute Gasteiger partial charge is 0.407 e. The number of amides is 2. The van der Waals surface area contributed by atoms with Gasteiger partial charge in [0.05, 0.1) is 0 Å². The van der Waals surface area contributed by atoms with Gasteiger partial charge in [0.1, 0.15) is 12.6 Å². The summed E-state index contributed by atoms with van der Waals surface area (Å²) in [5.41, 5.74) is 4.39. The van der Waals surface area contributed by atoms with Gasteiger partial charge in [-0.15, -0.1) is 0 Å². The monoisotopic (exact) mass is 382 g/mol. The molecule has 2 aromatic carbocycles. The van der Waals surface area contributed by atoms with Crippen molar-refractivity contribution in [3.8, 4) is 11.1 Å². The molecule has 2 amide bonds. The van der Waals surface area contributed by atoms with Crippen LogP contribution >= 0.6 is 0 Å². The first-order valence-electron chi connectivity index (χ1n) is 9.06. The summed E-state index contributed by atoms with van der Waals surface area (Å²) in [7, 11) is 0. The third kappa shape index (κ3) is 4.31. The van der Waals surface area contributed by atoms with Gasteiger partial charge in [0.2, 0.25) is 5.91 Å². The van der Waals surface area contributed by atoms with Crippen molar-refractivity contribution in [1.29, 1.82) is 0 Å². The number of carboxylic acids is 1. The molecule has 1 aliphatic carbocycles. The molecule has 0 radical (unpaired) electrons. The van der Waals surface area contributed by atoms with Crippen LogP contribution in [0.2, 0.25) is 0 Å². The number of carbonyl (C=O) groups is 3. The molecule has 7 nitrogen and oxygen atoms in total. The highest BCUT2D eigenvalue weighted by Crippen LogP contribution is 2.44. The summed E-state index contributed by atoms with van der Waals surface area (Å²) in [5, 5.41) is 14.1. The van der Waals surface area contributed by atoms with Gasteiger partial charge in [-0.05, 0) is 28.7 Å². The molecule has 1 aliphatic rings. The number of carboxylic acid groups (broad SMARTS) is 1. The molecule has 2 aromatic rings. The lowest BCUT2D eigenvalue weighted by Gasteiger charge is -2.17. The molecule has 1 atom stereocenters. The molecule has 3 rings (SSSR count). The average Bonchev–Trinajstić information content (AvgIpc) is 2.99. The van der Waals surface area contributed by atoms with E-state index < -0.39 is 18.1 Å². The van der Waals surface area contributed by atoms with E-state index in [4.69, 9.17) is 4.74 Å². The third-order valence-corrected chi connectivity index (χ3v) is 4.74. The van der Waals surface area contributed by atoms with Crippen molar-refractivity contribution in [2.75, 3.05) is 13.2 Å². The summed E-state index contributed by atoms with van der Waals surface area (Å²) in [6.45, 7) is 1.60. The first-order valence-corrected chi connectivity index (χ1v) is 9.06. The van der Waals surface area contributed by atoms with Crippen LogP contribution in [0.5, 0.6) is 0 Å². The van der Waals surface area contributed by atoms with Crippen LogP contribution in [0.15, 0.2) is 48.5 Å². The van der Waals surface area contributed by atoms with Gasteiger partial charge in [0, 0.05) is 19.4 Å². The Labute approximate surface area is 162 Å². The average molecular weight is 382 g/mol. The van der Waals surface area contributed by atoms with Crippen LogP contribution in [0.1, 0.15) is 30.4 Å². The standard InChI is InChI=1S/C21H22N2O5/c1-13(24)22-11-10-19(20(25)26)23-21(27)28-12-18-16-8-4-2-6-14(16)15-7-3-5-9-17(15)18/h2-9,18-19H,10-12H2,1H3,(H,22,24)(H,23,27)(H,25,26)/t19-/m0/s1. The molecule has 0 saturated carbocycles. The van der Waals surface area contributed by atoms with Crippen molar-refractivity contribution >= 4 is 18.0 Å². The molecule has 0 aromatic heterocycles. The van der Waals surface area contributed by atoms with Crippen molar-refractivity contribution in [3.05, 3.63) is 59.7 Å². The molecular formula is C21H22N2O5. The maximum atomic E-state index is 12.2. The molecule has 0 saturated heterocycles. The molecule has 0 spiro atoms. The largest absolute Gasteiger partial charge is 0.480 e. The highest BCUT2D eigenvalue weighted by molar-refractivity contribution is 5.81. The van der Waals surface area contributed by atoms with E-state index in [1.165, 1.54) is 6.92 Å². The van der Waals surface area contributed by atoms with E-state index in [2.05, 4.69) is 10.6 Å². The zero-order chi connectivity index (χ0) is 20.1. The first-order chi connectivity index (χ1) is 13.5. The van der Waals surface area contributed by atoms with Gasteiger partial charge in [-0.3, -0.25) is 4.79 Å². The molecule has 0 aliphatic heterocycles. The van der Waals surface area contributed by atoms with Gasteiger partial charge >= 0.3 is 12.1 Å². The molecule has 3 N–H and O–H groups in total. The second-order valence-electron chi connectivity index (χ2n) is 6.63. The van der Waals surface area contributed by atoms with Crippen molar-refractivity contribution in [3.63, 3.8) is 0 Å². The Balaban J connectivity index is 1.62. The molecule has 7 heteroatoms. The third-order valence-electron chi connectivity index (χ3n) is 4.74. The number of aliphatic carboxylic acids is 1. The molecular weight excluding hydrogens is 360 g/mol. The van der Waals surface area contributed by atoms with E-state index in [0.29, 0.717) is 0 Å². The van der Waals surface area contributed by atoms with Gasteiger partial charge < -0.3 is 20.5 Å². The fourth-order valence-electron chi connectivity index (χ4n) is 3.43. The fourth-order valence-corrected chi connectivity index (χ4v) is 3.43. The molecule has 0 bridgehead atoms. The van der Waals surface area contributed by atoms with Crippen LogP contribution in [0.4, 0.5) is 4.79 Å². The van der Waals surface area contributed by atoms with Crippen molar-refractivity contribution < 1.29 is 24.2 Å². The molecule has 0 unspecified atom stereocenters. The molecule has 146 valence electrons. The quantitative estimate of drug-likeness (QED) is 0.682. The number of nitrogens with one attached hydrogen (secondary N) is 2. The molecule has 0 heterocycles. The van der Waals surface area contributed by atoms with E-state index in [0.717, 1.165) is 22.3 Å². The summed E-state index contributed by atoms with van der Waals surface area (Å²) in [6.07, 6.45) is -0.726. The maximum Gasteiger partial charge on any atom is 0.407 e. The van der Waals surface area contributed by atoms with Gasteiger partial charge in [-0.1, -0.05) is 48.5 Å². The zero-order valence-electron chi connectivity index (χ0n) is 15.5. The summed E-state index contributed by atoms with van der Waals surface area (Å²) in [4.78, 5) is 34.4. The highest BCUT2D eigenvalue weighted by Gasteiger charge is 2.29. The molecule has 28 heavy (non-hydrogen) atoms. The van der Waals surface area contributed by atoms with Crippen molar-refractivity contribution in [2.45, 2.75) is 25.3 Å². The van der Waals surface area contributed by atoms with E-state index >= 15 is 0 Å². The van der Waals surface area contributed by atoms with Gasteiger partial charge in [0.25, 0.3) is 0 Å². The number of ether oxygens (including phenoxy) is 1. The predicted molar refractivity (Wildman–Crippen MR) is 103 cm³/mol. The minimum atomic E-state index is -1.18. The van der Waals surface area contributed by atoms with Crippen LogP contribution in [0, 0.1) is 0 Å². The summed E-state index contributed by atoms with van der Waals surface area (Å²) >= 11 is 0. The predicted octanol–water partition coefficient (Wildman–Crippen LogP) is 2.50. The van der Waals surface area contributed by atoms with Crippen LogP contribution < -0.4 is 10.6 Å². The topological polar surface area (TPSA) is 105 Å². The van der Waals surface area contributed by atoms with E-state index in [9.17, 15) is 19.5 Å². The van der Waals surface area contributed by atoms with Crippen LogP contribution in [0.3, 0.4) is 0 Å². The molecule has 0 fully saturated rings. The van der Waals surface area contributed by atoms with Crippen LogP contribution in [0.25, 0.3) is 11.1 Å². The van der Waals surface area contributed by atoms with Crippen molar-refractivity contribution in [1.82, 2.24) is 10.6 Å². The second-order valence-corrected chi connectivity index (χ2v) is 6.63. The lowest BCUT2D eigenvalue weighted by molar-refractivity contribution is -0.139. The number of hydrogen-bond donors (Lipinski definition) is 3. The minimum Gasteiger partial charge on any atom is -0.480 e. The Kier molecular flexibility index (Phi) is 5.93. The summed E-state index contributed by atoms with van der Waals surface area (Å²) in [6, 6.07) is 14.8. The van der Waals surface area contributed by atoms with Crippen LogP contribution in [-0.4, -0.2) is 42.3 Å². The fraction of sp³-hybridized carbons (Fsp3) is 0.286. The lowest BCUT2D eigenvalue weighted by Crippen LogP contribution is -2.43. The van der Waals surface area contributed by atoms with Crippen molar-refractivity contribution in [2.24, 2.45) is 0 Å². The van der Waals surface area contributed by atoms with E-state index in [1.807, 2.05) is 48.5 Å². The lowest BCUT2D eigenvalue weighted by atomic mass is 9.98. The van der Waals surface area contributed by atoms with Gasteiger partial charge in [-0.25, -0.2) is 9.59 Å². The Morgan fingerprint density at radius 3 is 2.14 bits per heavy atom. The Bertz CT molecular complexity index is 850. The Morgan fingerprint density at radius 2 is 1.61 bits per heavy atom. The number of alkyl carbamates (subject to hydrolysis) is 1. The second kappa shape index (κ2) is 8.56. The Morgan fingerprint density at radius 1 is 1.04 bits per heavy atom. The zero-order valence-corrected chi connectivity index (χ0v) is 15.5. The van der Waals surface area contributed by atoms with Gasteiger partial charge in [0.15, 0.2) is 0 Å². The number of rotatable bonds is 7. The number of benzene rings is 2. The van der Waals surface area contributed by atoms with Gasteiger partial charge in [-0.2, -0.15) is 0 Å². The number of carbonyl (C=O) groups excluding carboxylic acids is 2. The number of fused-ring (bicyclic) bond motifs is 3. The minimum absolute atomic E-state index is 0.0686. The summed E-state index contributed by atoms with van der Waals surface area (Å²) < 4.78 is 5.35. The van der Waals surface area contributed by atoms with Crippen LogP contribution in [-0.2, 0) is 14.3 Å². The highest BCUT2D eigenvalue weighted by atomic mass is 16.5. The first kappa shape index (κ1) is 19.4. The maximum absolute atomic E-state index is 12.2. The SMILES string of the molecule is CC(=O)NCC[C@H](NC(=O)OCC1c2ccccc2-c2ccccc21)C(=O)O.